The Bertz CT molecular complexity index is 531. The number of hydrogen-bond donors (Lipinski definition) is 3. The van der Waals surface area contributed by atoms with Gasteiger partial charge in [0.25, 0.3) is 5.91 Å². The number of H-pyrrole nitrogens is 1. The number of aromatic amines is 1. The Morgan fingerprint density at radius 2 is 1.95 bits per heavy atom. The number of aromatic nitrogens is 1. The van der Waals surface area contributed by atoms with Crippen molar-refractivity contribution >= 4 is 17.7 Å². The van der Waals surface area contributed by atoms with E-state index in [0.29, 0.717) is 23.2 Å². The summed E-state index contributed by atoms with van der Waals surface area (Å²) in [5.41, 5.74) is 2.02. The SMILES string of the molecule is CCc1c(C(=O)N[C@H](C)C(=O)O)[nH]c(C)c1C(C)=O. The van der Waals surface area contributed by atoms with Gasteiger partial charge in [-0.3, -0.25) is 14.4 Å². The van der Waals surface area contributed by atoms with E-state index < -0.39 is 17.9 Å². The molecular weight excluding hydrogens is 248 g/mol. The van der Waals surface area contributed by atoms with Gasteiger partial charge in [0.1, 0.15) is 11.7 Å². The number of nitrogens with one attached hydrogen (secondary N) is 2. The zero-order valence-corrected chi connectivity index (χ0v) is 11.5. The number of rotatable bonds is 5. The lowest BCUT2D eigenvalue weighted by atomic mass is 10.0. The van der Waals surface area contributed by atoms with Crippen molar-refractivity contribution < 1.29 is 19.5 Å². The van der Waals surface area contributed by atoms with Crippen molar-refractivity contribution in [2.75, 3.05) is 0 Å². The largest absolute Gasteiger partial charge is 0.480 e. The van der Waals surface area contributed by atoms with E-state index in [0.717, 1.165) is 0 Å². The number of Topliss-reactive ketones (excluding diaryl/α,β-unsaturated/α-hetero) is 1. The third-order valence-corrected chi connectivity index (χ3v) is 2.94. The number of aryl methyl sites for hydroxylation is 1. The quantitative estimate of drug-likeness (QED) is 0.699. The molecule has 104 valence electrons. The number of amides is 1. The minimum atomic E-state index is -1.11. The number of carbonyl (C=O) groups is 3. The van der Waals surface area contributed by atoms with E-state index in [9.17, 15) is 14.4 Å². The molecule has 0 saturated carbocycles. The van der Waals surface area contributed by atoms with Crippen LogP contribution in [0.15, 0.2) is 0 Å². The van der Waals surface area contributed by atoms with Crippen LogP contribution >= 0.6 is 0 Å². The van der Waals surface area contributed by atoms with E-state index in [2.05, 4.69) is 10.3 Å². The van der Waals surface area contributed by atoms with Gasteiger partial charge in [-0.2, -0.15) is 0 Å². The van der Waals surface area contributed by atoms with Gasteiger partial charge >= 0.3 is 5.97 Å². The molecule has 1 aromatic heterocycles. The van der Waals surface area contributed by atoms with Crippen LogP contribution in [-0.2, 0) is 11.2 Å². The number of carboxylic acids is 1. The molecule has 0 spiro atoms. The fraction of sp³-hybridized carbons (Fsp3) is 0.462. The molecule has 0 aliphatic carbocycles. The second-order valence-corrected chi connectivity index (χ2v) is 4.42. The molecule has 1 amide bonds. The fourth-order valence-electron chi connectivity index (χ4n) is 2.03. The molecular formula is C13H18N2O4. The molecule has 0 radical (unpaired) electrons. The van der Waals surface area contributed by atoms with Gasteiger partial charge in [0, 0.05) is 11.3 Å². The molecule has 0 fully saturated rings. The Labute approximate surface area is 111 Å². The molecule has 0 saturated heterocycles. The summed E-state index contributed by atoms with van der Waals surface area (Å²) in [5, 5.41) is 11.1. The normalized spacial score (nSPS) is 12.0. The summed E-state index contributed by atoms with van der Waals surface area (Å²) in [5.74, 6) is -1.74. The Balaban J connectivity index is 3.14. The van der Waals surface area contributed by atoms with Crippen molar-refractivity contribution in [3.63, 3.8) is 0 Å². The minimum Gasteiger partial charge on any atom is -0.480 e. The maximum Gasteiger partial charge on any atom is 0.325 e. The molecule has 0 aromatic carbocycles. The summed E-state index contributed by atoms with van der Waals surface area (Å²) in [6.45, 7) is 6.38. The van der Waals surface area contributed by atoms with E-state index in [1.807, 2.05) is 6.92 Å². The van der Waals surface area contributed by atoms with Crippen LogP contribution in [0.4, 0.5) is 0 Å². The first kappa shape index (κ1) is 14.9. The Kier molecular flexibility index (Phi) is 4.47. The van der Waals surface area contributed by atoms with Gasteiger partial charge in [0.15, 0.2) is 5.78 Å². The van der Waals surface area contributed by atoms with Crippen molar-refractivity contribution in [3.05, 3.63) is 22.5 Å². The third-order valence-electron chi connectivity index (χ3n) is 2.94. The first-order valence-electron chi connectivity index (χ1n) is 6.05. The molecule has 0 unspecified atom stereocenters. The highest BCUT2D eigenvalue weighted by molar-refractivity contribution is 6.03. The number of ketones is 1. The fourth-order valence-corrected chi connectivity index (χ4v) is 2.03. The maximum absolute atomic E-state index is 12.0. The molecule has 0 aliphatic heterocycles. The van der Waals surface area contributed by atoms with E-state index in [1.165, 1.54) is 13.8 Å². The van der Waals surface area contributed by atoms with E-state index >= 15 is 0 Å². The second-order valence-electron chi connectivity index (χ2n) is 4.42. The number of carbonyl (C=O) groups excluding carboxylic acids is 2. The summed E-state index contributed by atoms with van der Waals surface area (Å²) >= 11 is 0. The predicted molar refractivity (Wildman–Crippen MR) is 69.5 cm³/mol. The number of carboxylic acid groups (broad SMARTS) is 1. The topological polar surface area (TPSA) is 99.3 Å². The molecule has 6 nitrogen and oxygen atoms in total. The minimum absolute atomic E-state index is 0.115. The van der Waals surface area contributed by atoms with Crippen molar-refractivity contribution in [1.82, 2.24) is 10.3 Å². The molecule has 0 aliphatic rings. The van der Waals surface area contributed by atoms with Crippen LogP contribution < -0.4 is 5.32 Å². The molecule has 1 rings (SSSR count). The van der Waals surface area contributed by atoms with Gasteiger partial charge in [-0.15, -0.1) is 0 Å². The Hall–Kier alpha value is -2.11. The lowest BCUT2D eigenvalue weighted by Crippen LogP contribution is -2.38. The highest BCUT2D eigenvalue weighted by atomic mass is 16.4. The lowest BCUT2D eigenvalue weighted by molar-refractivity contribution is -0.138. The van der Waals surface area contributed by atoms with Crippen molar-refractivity contribution in [2.45, 2.75) is 40.2 Å². The average molecular weight is 266 g/mol. The molecule has 3 N–H and O–H groups in total. The van der Waals surface area contributed by atoms with Gasteiger partial charge in [-0.05, 0) is 32.8 Å². The van der Waals surface area contributed by atoms with Gasteiger partial charge in [-0.1, -0.05) is 6.92 Å². The van der Waals surface area contributed by atoms with Gasteiger partial charge in [0.05, 0.1) is 0 Å². The highest BCUT2D eigenvalue weighted by Crippen LogP contribution is 2.20. The van der Waals surface area contributed by atoms with Crippen LogP contribution in [0.2, 0.25) is 0 Å². The molecule has 1 aromatic rings. The van der Waals surface area contributed by atoms with Crippen LogP contribution in [-0.4, -0.2) is 33.8 Å². The van der Waals surface area contributed by atoms with E-state index in [1.54, 1.807) is 6.92 Å². The predicted octanol–water partition coefficient (Wildman–Crippen LogP) is 1.29. The van der Waals surface area contributed by atoms with Crippen LogP contribution in [0.3, 0.4) is 0 Å². The van der Waals surface area contributed by atoms with Gasteiger partial charge in [-0.25, -0.2) is 0 Å². The zero-order chi connectivity index (χ0) is 14.7. The maximum atomic E-state index is 12.0. The monoisotopic (exact) mass is 266 g/mol. The van der Waals surface area contributed by atoms with Crippen molar-refractivity contribution in [2.24, 2.45) is 0 Å². The van der Waals surface area contributed by atoms with Gasteiger partial charge < -0.3 is 15.4 Å². The lowest BCUT2D eigenvalue weighted by Gasteiger charge is -2.09. The van der Waals surface area contributed by atoms with Crippen LogP contribution in [0.1, 0.15) is 52.9 Å². The second kappa shape index (κ2) is 5.69. The van der Waals surface area contributed by atoms with E-state index in [-0.39, 0.29) is 11.5 Å². The number of aliphatic carboxylic acids is 1. The Morgan fingerprint density at radius 1 is 1.37 bits per heavy atom. The Morgan fingerprint density at radius 3 is 2.37 bits per heavy atom. The first-order chi connectivity index (χ1) is 8.79. The standard InChI is InChI=1S/C13H18N2O4/c1-5-9-10(8(4)16)6(2)14-11(9)12(17)15-7(3)13(18)19/h7,14H,5H2,1-4H3,(H,15,17)(H,18,19)/t7-/m1/s1. The summed E-state index contributed by atoms with van der Waals surface area (Å²) < 4.78 is 0. The van der Waals surface area contributed by atoms with Crippen molar-refractivity contribution in [3.8, 4) is 0 Å². The zero-order valence-electron chi connectivity index (χ0n) is 11.5. The molecule has 1 atom stereocenters. The third kappa shape index (κ3) is 3.01. The molecule has 1 heterocycles. The van der Waals surface area contributed by atoms with Gasteiger partial charge in [0.2, 0.25) is 0 Å². The smallest absolute Gasteiger partial charge is 0.325 e. The summed E-state index contributed by atoms with van der Waals surface area (Å²) in [6.07, 6.45) is 0.517. The van der Waals surface area contributed by atoms with Crippen LogP contribution in [0.5, 0.6) is 0 Å². The summed E-state index contributed by atoms with van der Waals surface area (Å²) in [7, 11) is 0. The van der Waals surface area contributed by atoms with Crippen LogP contribution in [0, 0.1) is 6.92 Å². The summed E-state index contributed by atoms with van der Waals surface area (Å²) in [4.78, 5) is 37.2. The van der Waals surface area contributed by atoms with Crippen LogP contribution in [0.25, 0.3) is 0 Å². The molecule has 0 bridgehead atoms. The average Bonchev–Trinajstić information content (AvgIpc) is 2.65. The van der Waals surface area contributed by atoms with Crippen molar-refractivity contribution in [1.29, 1.82) is 0 Å². The summed E-state index contributed by atoms with van der Waals surface area (Å²) in [6, 6.07) is -0.985. The molecule has 6 heteroatoms. The molecule has 19 heavy (non-hydrogen) atoms. The van der Waals surface area contributed by atoms with E-state index in [4.69, 9.17) is 5.11 Å². The number of hydrogen-bond acceptors (Lipinski definition) is 3. The first-order valence-corrected chi connectivity index (χ1v) is 6.05. The highest BCUT2D eigenvalue weighted by Gasteiger charge is 2.23.